The van der Waals surface area contributed by atoms with Gasteiger partial charge in [-0.2, -0.15) is 0 Å². The summed E-state index contributed by atoms with van der Waals surface area (Å²) in [4.78, 5) is 12.1. The molecule has 0 saturated heterocycles. The average molecular weight is 340 g/mol. The molecule has 1 atom stereocenters. The van der Waals surface area contributed by atoms with E-state index in [1.807, 2.05) is 24.3 Å². The predicted octanol–water partition coefficient (Wildman–Crippen LogP) is 1.24. The first-order chi connectivity index (χ1) is 10.9. The lowest BCUT2D eigenvalue weighted by atomic mass is 9.90. The first-order valence-corrected chi connectivity index (χ1v) is 9.42. The van der Waals surface area contributed by atoms with Crippen LogP contribution in [0.2, 0.25) is 0 Å². The third kappa shape index (κ3) is 5.51. The van der Waals surface area contributed by atoms with Crippen LogP contribution in [0.5, 0.6) is 5.75 Å². The summed E-state index contributed by atoms with van der Waals surface area (Å²) < 4.78 is 30.0. The van der Waals surface area contributed by atoms with E-state index >= 15 is 0 Å². The second kappa shape index (κ2) is 7.79. The second-order valence-corrected chi connectivity index (χ2v) is 7.84. The maximum absolute atomic E-state index is 12.1. The van der Waals surface area contributed by atoms with Crippen LogP contribution in [0.3, 0.4) is 0 Å². The standard InChI is InChI=1S/C16H24N2O4S/c1-17-23(20,21)10-9-18-16(19)11-15(12-3-4-12)13-5-7-14(22-2)8-6-13/h5-8,12,15,17H,3-4,9-11H2,1-2H3,(H,18,19). The maximum Gasteiger partial charge on any atom is 0.220 e. The summed E-state index contributed by atoms with van der Waals surface area (Å²) in [5, 5.41) is 2.70. The van der Waals surface area contributed by atoms with Crippen LogP contribution in [0.4, 0.5) is 0 Å². The Morgan fingerprint density at radius 1 is 1.30 bits per heavy atom. The van der Waals surface area contributed by atoms with Crippen LogP contribution >= 0.6 is 0 Å². The van der Waals surface area contributed by atoms with E-state index in [-0.39, 0.29) is 24.1 Å². The molecule has 0 aliphatic heterocycles. The number of hydrogen-bond acceptors (Lipinski definition) is 4. The molecular weight excluding hydrogens is 316 g/mol. The second-order valence-electron chi connectivity index (χ2n) is 5.79. The highest BCUT2D eigenvalue weighted by molar-refractivity contribution is 7.89. The largest absolute Gasteiger partial charge is 0.497 e. The number of sulfonamides is 1. The van der Waals surface area contributed by atoms with E-state index in [0.29, 0.717) is 12.3 Å². The molecular formula is C16H24N2O4S. The molecule has 1 amide bonds. The average Bonchev–Trinajstić information content (AvgIpc) is 3.37. The Hall–Kier alpha value is -1.60. The third-order valence-corrected chi connectivity index (χ3v) is 5.51. The predicted molar refractivity (Wildman–Crippen MR) is 88.9 cm³/mol. The summed E-state index contributed by atoms with van der Waals surface area (Å²) in [5.41, 5.74) is 1.13. The lowest BCUT2D eigenvalue weighted by Crippen LogP contribution is -2.33. The number of nitrogens with one attached hydrogen (secondary N) is 2. The van der Waals surface area contributed by atoms with Gasteiger partial charge in [0.25, 0.3) is 0 Å². The SMILES string of the molecule is CNS(=O)(=O)CCNC(=O)CC(c1ccc(OC)cc1)C1CC1. The van der Waals surface area contributed by atoms with Gasteiger partial charge in [0.15, 0.2) is 0 Å². The molecule has 6 nitrogen and oxygen atoms in total. The first-order valence-electron chi connectivity index (χ1n) is 7.77. The number of hydrogen-bond donors (Lipinski definition) is 2. The van der Waals surface area contributed by atoms with Gasteiger partial charge in [-0.25, -0.2) is 13.1 Å². The summed E-state index contributed by atoms with van der Waals surface area (Å²) in [6.07, 6.45) is 2.66. The lowest BCUT2D eigenvalue weighted by molar-refractivity contribution is -0.121. The molecule has 0 spiro atoms. The van der Waals surface area contributed by atoms with Crippen LogP contribution in [-0.2, 0) is 14.8 Å². The Bertz CT molecular complexity index is 624. The van der Waals surface area contributed by atoms with Crippen molar-refractivity contribution >= 4 is 15.9 Å². The zero-order chi connectivity index (χ0) is 16.9. The molecule has 0 radical (unpaired) electrons. The zero-order valence-corrected chi connectivity index (χ0v) is 14.4. The first kappa shape index (κ1) is 17.7. The van der Waals surface area contributed by atoms with Gasteiger partial charge in [0, 0.05) is 13.0 Å². The third-order valence-electron chi connectivity index (χ3n) is 4.14. The summed E-state index contributed by atoms with van der Waals surface area (Å²) in [6, 6.07) is 7.81. The Morgan fingerprint density at radius 2 is 1.96 bits per heavy atom. The van der Waals surface area contributed by atoms with Crippen molar-refractivity contribution in [2.24, 2.45) is 5.92 Å². The minimum Gasteiger partial charge on any atom is -0.497 e. The van der Waals surface area contributed by atoms with Crippen molar-refractivity contribution in [3.05, 3.63) is 29.8 Å². The fraction of sp³-hybridized carbons (Fsp3) is 0.562. The van der Waals surface area contributed by atoms with Gasteiger partial charge in [-0.15, -0.1) is 0 Å². The van der Waals surface area contributed by atoms with Crippen molar-refractivity contribution in [1.82, 2.24) is 10.0 Å². The van der Waals surface area contributed by atoms with Crippen molar-refractivity contribution in [2.45, 2.75) is 25.2 Å². The van der Waals surface area contributed by atoms with Crippen LogP contribution in [0.1, 0.15) is 30.7 Å². The monoisotopic (exact) mass is 340 g/mol. The van der Waals surface area contributed by atoms with E-state index in [0.717, 1.165) is 24.2 Å². The summed E-state index contributed by atoms with van der Waals surface area (Å²) >= 11 is 0. The van der Waals surface area contributed by atoms with Gasteiger partial charge in [-0.05, 0) is 49.4 Å². The van der Waals surface area contributed by atoms with Crippen molar-refractivity contribution in [1.29, 1.82) is 0 Å². The number of amides is 1. The van der Waals surface area contributed by atoms with Crippen molar-refractivity contribution in [3.8, 4) is 5.75 Å². The minimum atomic E-state index is -3.29. The van der Waals surface area contributed by atoms with Gasteiger partial charge in [-0.1, -0.05) is 12.1 Å². The summed E-state index contributed by atoms with van der Waals surface area (Å²) in [7, 11) is -0.296. The molecule has 2 N–H and O–H groups in total. The number of methoxy groups -OCH3 is 1. The quantitative estimate of drug-likeness (QED) is 0.708. The number of rotatable bonds is 9. The smallest absolute Gasteiger partial charge is 0.220 e. The van der Waals surface area contributed by atoms with Crippen molar-refractivity contribution < 1.29 is 17.9 Å². The van der Waals surface area contributed by atoms with E-state index in [4.69, 9.17) is 4.74 Å². The van der Waals surface area contributed by atoms with Crippen LogP contribution in [-0.4, -0.2) is 40.8 Å². The fourth-order valence-electron chi connectivity index (χ4n) is 2.61. The molecule has 0 heterocycles. The van der Waals surface area contributed by atoms with E-state index in [9.17, 15) is 13.2 Å². The molecule has 1 aliphatic rings. The molecule has 128 valence electrons. The van der Waals surface area contributed by atoms with Gasteiger partial charge in [-0.3, -0.25) is 4.79 Å². The Labute approximate surface area is 137 Å². The highest BCUT2D eigenvalue weighted by Crippen LogP contribution is 2.44. The van der Waals surface area contributed by atoms with Gasteiger partial charge in [0.2, 0.25) is 15.9 Å². The van der Waals surface area contributed by atoms with Gasteiger partial charge < -0.3 is 10.1 Å². The number of benzene rings is 1. The summed E-state index contributed by atoms with van der Waals surface area (Å²) in [6.45, 7) is 0.127. The van der Waals surface area contributed by atoms with Crippen LogP contribution in [0.25, 0.3) is 0 Å². The molecule has 1 aromatic carbocycles. The van der Waals surface area contributed by atoms with Crippen molar-refractivity contribution in [2.75, 3.05) is 26.5 Å². The zero-order valence-electron chi connectivity index (χ0n) is 13.5. The van der Waals surface area contributed by atoms with E-state index in [1.54, 1.807) is 7.11 Å². The Morgan fingerprint density at radius 3 is 2.48 bits per heavy atom. The van der Waals surface area contributed by atoms with Gasteiger partial charge in [0.05, 0.1) is 12.9 Å². The highest BCUT2D eigenvalue weighted by Gasteiger charge is 2.33. The molecule has 0 bridgehead atoms. The number of carbonyl (C=O) groups excluding carboxylic acids is 1. The molecule has 2 rings (SSSR count). The molecule has 1 fully saturated rings. The molecule has 1 saturated carbocycles. The summed E-state index contributed by atoms with van der Waals surface area (Å²) in [5.74, 6) is 1.30. The van der Waals surface area contributed by atoms with Gasteiger partial charge >= 0.3 is 0 Å². The van der Waals surface area contributed by atoms with Crippen LogP contribution in [0.15, 0.2) is 24.3 Å². The fourth-order valence-corrected chi connectivity index (χ4v) is 3.18. The Balaban J connectivity index is 1.90. The molecule has 23 heavy (non-hydrogen) atoms. The maximum atomic E-state index is 12.1. The van der Waals surface area contributed by atoms with E-state index in [1.165, 1.54) is 7.05 Å². The van der Waals surface area contributed by atoms with Crippen molar-refractivity contribution in [3.63, 3.8) is 0 Å². The van der Waals surface area contributed by atoms with Crippen LogP contribution < -0.4 is 14.8 Å². The van der Waals surface area contributed by atoms with E-state index < -0.39 is 10.0 Å². The van der Waals surface area contributed by atoms with Crippen LogP contribution in [0, 0.1) is 5.92 Å². The molecule has 1 unspecified atom stereocenters. The highest BCUT2D eigenvalue weighted by atomic mass is 32.2. The molecule has 1 aromatic rings. The molecule has 1 aliphatic carbocycles. The minimum absolute atomic E-state index is 0.105. The Kier molecular flexibility index (Phi) is 6.01. The lowest BCUT2D eigenvalue weighted by Gasteiger charge is -2.17. The normalized spacial score (nSPS) is 15.9. The molecule has 0 aromatic heterocycles. The topological polar surface area (TPSA) is 84.5 Å². The molecule has 7 heteroatoms. The number of ether oxygens (including phenoxy) is 1. The van der Waals surface area contributed by atoms with Gasteiger partial charge in [0.1, 0.15) is 5.75 Å². The number of carbonyl (C=O) groups is 1. The van der Waals surface area contributed by atoms with E-state index in [2.05, 4.69) is 10.0 Å².